The first-order valence-corrected chi connectivity index (χ1v) is 23.1. The first kappa shape index (κ1) is 35.3. The summed E-state index contributed by atoms with van der Waals surface area (Å²) in [4.78, 5) is 15.2. The van der Waals surface area contributed by atoms with E-state index in [-0.39, 0.29) is 0 Å². The molecule has 10 rings (SSSR count). The van der Waals surface area contributed by atoms with Gasteiger partial charge in [0.05, 0.1) is 8.07 Å². The molecule has 58 heavy (non-hydrogen) atoms. The molecule has 0 spiro atoms. The Labute approximate surface area is 338 Å². The van der Waals surface area contributed by atoms with E-state index < -0.39 is 8.07 Å². The number of hydrogen-bond donors (Lipinski definition) is 0. The predicted octanol–water partition coefficient (Wildman–Crippen LogP) is 13.6. The molecule has 6 heteroatoms. The van der Waals surface area contributed by atoms with Gasteiger partial charge in [-0.15, -0.1) is 0 Å². The summed E-state index contributed by atoms with van der Waals surface area (Å²) in [6.07, 6.45) is 0. The van der Waals surface area contributed by atoms with Crippen LogP contribution in [0.15, 0.2) is 191 Å². The number of rotatable bonds is 8. The summed E-state index contributed by atoms with van der Waals surface area (Å²) in [5.41, 5.74) is 11.0. The van der Waals surface area contributed by atoms with Crippen LogP contribution in [0, 0.1) is 0 Å². The smallest absolute Gasteiger partial charge is 0.164 e. The normalized spacial score (nSPS) is 11.7. The van der Waals surface area contributed by atoms with E-state index in [1.54, 1.807) is 0 Å². The average molecular weight is 766 g/mol. The number of para-hydroxylation sites is 2. The van der Waals surface area contributed by atoms with Crippen molar-refractivity contribution in [2.45, 2.75) is 19.6 Å². The topological polar surface area (TPSA) is 65.0 Å². The Morgan fingerprint density at radius 3 is 1.17 bits per heavy atom. The van der Waals surface area contributed by atoms with E-state index in [2.05, 4.69) is 141 Å². The lowest BCUT2D eigenvalue weighted by Crippen LogP contribution is -2.37. The van der Waals surface area contributed by atoms with Crippen molar-refractivity contribution in [1.82, 2.24) is 15.0 Å². The molecule has 0 N–H and O–H groups in total. The summed E-state index contributed by atoms with van der Waals surface area (Å²) >= 11 is 0. The summed E-state index contributed by atoms with van der Waals surface area (Å²) in [6, 6.07) is 63.0. The SMILES string of the molecule is C[Si](C)(C)c1ccc(-c2cccc(-c3cccc(-c4nc(-c5ccc(-c6cc7ccccc7o6)cc5)nc(-c5ccc(-c6cc7ccccc7o6)cc5)n4)c3)c2)cc1. The van der Waals surface area contributed by atoms with Gasteiger partial charge in [0.25, 0.3) is 0 Å². The highest BCUT2D eigenvalue weighted by atomic mass is 28.3. The predicted molar refractivity (Wildman–Crippen MR) is 240 cm³/mol. The zero-order chi connectivity index (χ0) is 39.2. The highest BCUT2D eigenvalue weighted by Crippen LogP contribution is 2.34. The van der Waals surface area contributed by atoms with Crippen LogP contribution in [0.5, 0.6) is 0 Å². The molecule has 0 radical (unpaired) electrons. The molecular weight excluding hydrogens is 727 g/mol. The number of hydrogen-bond acceptors (Lipinski definition) is 5. The second-order valence-electron chi connectivity index (χ2n) is 15.7. The lowest BCUT2D eigenvalue weighted by Gasteiger charge is -2.17. The van der Waals surface area contributed by atoms with Crippen molar-refractivity contribution in [3.8, 4) is 79.1 Å². The first-order chi connectivity index (χ1) is 28.3. The fourth-order valence-corrected chi connectivity index (χ4v) is 8.62. The van der Waals surface area contributed by atoms with Gasteiger partial charge in [0.2, 0.25) is 0 Å². The van der Waals surface area contributed by atoms with Crippen molar-refractivity contribution < 1.29 is 8.83 Å². The van der Waals surface area contributed by atoms with Crippen molar-refractivity contribution >= 4 is 35.2 Å². The van der Waals surface area contributed by atoms with Crippen LogP contribution in [0.1, 0.15) is 0 Å². The molecule has 5 nitrogen and oxygen atoms in total. The summed E-state index contributed by atoms with van der Waals surface area (Å²) in [6.45, 7) is 7.15. The van der Waals surface area contributed by atoms with Gasteiger partial charge in [-0.3, -0.25) is 0 Å². The molecule has 0 bridgehead atoms. The van der Waals surface area contributed by atoms with E-state index in [0.717, 1.165) is 72.4 Å². The second kappa shape index (κ2) is 14.4. The summed E-state index contributed by atoms with van der Waals surface area (Å²) in [7, 11) is -1.38. The molecular formula is C52H39N3O2Si. The Morgan fingerprint density at radius 1 is 0.328 bits per heavy atom. The molecule has 7 aromatic carbocycles. The van der Waals surface area contributed by atoms with Crippen LogP contribution in [0.3, 0.4) is 0 Å². The molecule has 278 valence electrons. The van der Waals surface area contributed by atoms with E-state index in [1.165, 1.54) is 16.3 Å². The van der Waals surface area contributed by atoms with E-state index >= 15 is 0 Å². The van der Waals surface area contributed by atoms with Gasteiger partial charge in [-0.2, -0.15) is 0 Å². The van der Waals surface area contributed by atoms with Crippen LogP contribution in [0.4, 0.5) is 0 Å². The maximum atomic E-state index is 6.16. The minimum atomic E-state index is -1.38. The number of furan rings is 2. The van der Waals surface area contributed by atoms with Crippen molar-refractivity contribution in [3.05, 3.63) is 182 Å². The molecule has 0 atom stereocenters. The summed E-state index contributed by atoms with van der Waals surface area (Å²) < 4.78 is 12.3. The van der Waals surface area contributed by atoms with Crippen LogP contribution in [0.25, 0.3) is 101 Å². The third kappa shape index (κ3) is 6.95. The highest BCUT2D eigenvalue weighted by Gasteiger charge is 2.17. The molecule has 0 saturated heterocycles. The third-order valence-corrected chi connectivity index (χ3v) is 12.8. The Bertz CT molecular complexity index is 2880. The van der Waals surface area contributed by atoms with Gasteiger partial charge in [0.1, 0.15) is 22.7 Å². The van der Waals surface area contributed by atoms with Crippen molar-refractivity contribution in [1.29, 1.82) is 0 Å². The number of nitrogens with zero attached hydrogens (tertiary/aromatic N) is 3. The highest BCUT2D eigenvalue weighted by molar-refractivity contribution is 6.88. The summed E-state index contributed by atoms with van der Waals surface area (Å²) in [5.74, 6) is 3.42. The van der Waals surface area contributed by atoms with Gasteiger partial charge in [-0.25, -0.2) is 15.0 Å². The lowest BCUT2D eigenvalue weighted by atomic mass is 9.98. The fourth-order valence-electron chi connectivity index (χ4n) is 7.46. The first-order valence-electron chi connectivity index (χ1n) is 19.6. The van der Waals surface area contributed by atoms with E-state index in [4.69, 9.17) is 23.8 Å². The van der Waals surface area contributed by atoms with Crippen LogP contribution >= 0.6 is 0 Å². The second-order valence-corrected chi connectivity index (χ2v) is 20.8. The van der Waals surface area contributed by atoms with Gasteiger partial charge in [0, 0.05) is 38.6 Å². The zero-order valence-corrected chi connectivity index (χ0v) is 33.5. The molecule has 3 heterocycles. The van der Waals surface area contributed by atoms with Gasteiger partial charge in [-0.1, -0.05) is 170 Å². The number of benzene rings is 7. The van der Waals surface area contributed by atoms with E-state index in [9.17, 15) is 0 Å². The summed E-state index contributed by atoms with van der Waals surface area (Å²) in [5, 5.41) is 3.61. The van der Waals surface area contributed by atoms with Gasteiger partial charge in [0.15, 0.2) is 17.5 Å². The molecule has 0 saturated carbocycles. The lowest BCUT2D eigenvalue weighted by molar-refractivity contribution is 0.631. The van der Waals surface area contributed by atoms with Crippen LogP contribution in [-0.4, -0.2) is 23.0 Å². The fraction of sp³-hybridized carbons (Fsp3) is 0.0577. The zero-order valence-electron chi connectivity index (χ0n) is 32.5. The average Bonchev–Trinajstić information content (AvgIpc) is 3.92. The molecule has 0 amide bonds. The maximum Gasteiger partial charge on any atom is 0.164 e. The molecule has 0 aliphatic carbocycles. The number of fused-ring (bicyclic) bond motifs is 2. The van der Waals surface area contributed by atoms with Crippen molar-refractivity contribution in [2.24, 2.45) is 0 Å². The van der Waals surface area contributed by atoms with E-state index in [0.29, 0.717) is 17.5 Å². The Morgan fingerprint density at radius 2 is 0.707 bits per heavy atom. The largest absolute Gasteiger partial charge is 0.456 e. The minimum absolute atomic E-state index is 0.590. The van der Waals surface area contributed by atoms with Gasteiger partial charge < -0.3 is 8.83 Å². The van der Waals surface area contributed by atoms with Crippen molar-refractivity contribution in [2.75, 3.05) is 0 Å². The third-order valence-electron chi connectivity index (χ3n) is 10.7. The minimum Gasteiger partial charge on any atom is -0.456 e. The molecule has 3 aromatic heterocycles. The molecule has 0 unspecified atom stereocenters. The van der Waals surface area contributed by atoms with E-state index in [1.807, 2.05) is 60.7 Å². The Kier molecular flexibility index (Phi) is 8.76. The quantitative estimate of drug-likeness (QED) is 0.144. The van der Waals surface area contributed by atoms with Gasteiger partial charge >= 0.3 is 0 Å². The Balaban J connectivity index is 1.02. The maximum absolute atomic E-state index is 6.16. The van der Waals surface area contributed by atoms with Crippen molar-refractivity contribution in [3.63, 3.8) is 0 Å². The number of aromatic nitrogens is 3. The molecule has 0 fully saturated rings. The molecule has 10 aromatic rings. The van der Waals surface area contributed by atoms with Gasteiger partial charge in [-0.05, 0) is 58.7 Å². The van der Waals surface area contributed by atoms with Crippen LogP contribution in [0.2, 0.25) is 19.6 Å². The molecule has 0 aliphatic heterocycles. The van der Waals surface area contributed by atoms with Crippen LogP contribution < -0.4 is 5.19 Å². The monoisotopic (exact) mass is 765 g/mol. The standard InChI is InChI=1S/C52H39N3O2Si/c1-58(2,3)45-28-26-34(27-29-45)39-12-8-13-40(30-39)41-14-9-15-44(31-41)52-54-50(37-22-18-35(19-23-37)48-32-42-10-4-6-16-46(42)56-48)53-51(55-52)38-24-20-36(21-25-38)49-33-43-11-5-7-17-47(43)57-49/h4-33H,1-3H3. The molecule has 0 aliphatic rings. The Hall–Kier alpha value is -7.15. The van der Waals surface area contributed by atoms with Crippen LogP contribution in [-0.2, 0) is 0 Å².